The molecule has 0 unspecified atom stereocenters. The van der Waals surface area contributed by atoms with Crippen LogP contribution in [0.5, 0.6) is 0 Å². The van der Waals surface area contributed by atoms with Gasteiger partial charge in [0.2, 0.25) is 0 Å². The smallest absolute Gasteiger partial charge is 0.0126 e. The van der Waals surface area contributed by atoms with E-state index >= 15 is 0 Å². The van der Waals surface area contributed by atoms with Crippen molar-refractivity contribution in [3.05, 3.63) is 0 Å². The van der Waals surface area contributed by atoms with Gasteiger partial charge in [-0.15, -0.1) is 0 Å². The molecule has 1 aliphatic heterocycles. The van der Waals surface area contributed by atoms with Crippen LogP contribution in [0.15, 0.2) is 0 Å². The lowest BCUT2D eigenvalue weighted by Gasteiger charge is -2.42. The van der Waals surface area contributed by atoms with Gasteiger partial charge in [0.25, 0.3) is 0 Å². The summed E-state index contributed by atoms with van der Waals surface area (Å²) in [5.41, 5.74) is 0.348. The first kappa shape index (κ1) is 15.3. The summed E-state index contributed by atoms with van der Waals surface area (Å²) in [6.07, 6.45) is 6.95. The fourth-order valence-corrected chi connectivity index (χ4v) is 2.87. The van der Waals surface area contributed by atoms with Crippen LogP contribution < -0.4 is 5.32 Å². The largest absolute Gasteiger partial charge is 0.314 e. The summed E-state index contributed by atoms with van der Waals surface area (Å²) >= 11 is 0. The Balaban J connectivity index is 1.46. The molecule has 0 aromatic rings. The van der Waals surface area contributed by atoms with Gasteiger partial charge in [-0.2, -0.15) is 0 Å². The number of piperazine rings is 1. The summed E-state index contributed by atoms with van der Waals surface area (Å²) in [4.78, 5) is 5.26. The molecule has 0 radical (unpaired) electrons. The number of nitrogens with zero attached hydrogens (tertiary/aromatic N) is 2. The SMILES string of the molecule is CC(C)(C)N1CCN(CCCCCNC2CC2)CC1. The van der Waals surface area contributed by atoms with Gasteiger partial charge in [-0.25, -0.2) is 0 Å². The Morgan fingerprint density at radius 2 is 1.63 bits per heavy atom. The minimum Gasteiger partial charge on any atom is -0.314 e. The first-order valence-electron chi connectivity index (χ1n) is 8.26. The monoisotopic (exact) mass is 267 g/mol. The number of rotatable bonds is 7. The molecule has 0 bridgehead atoms. The third-order valence-electron chi connectivity index (χ3n) is 4.48. The second kappa shape index (κ2) is 7.05. The van der Waals surface area contributed by atoms with Crippen molar-refractivity contribution < 1.29 is 0 Å². The van der Waals surface area contributed by atoms with Crippen LogP contribution >= 0.6 is 0 Å². The molecule has 0 amide bonds. The van der Waals surface area contributed by atoms with Crippen LogP contribution in [0.3, 0.4) is 0 Å². The zero-order valence-corrected chi connectivity index (χ0v) is 13.2. The maximum atomic E-state index is 3.60. The van der Waals surface area contributed by atoms with Crippen molar-refractivity contribution in [2.75, 3.05) is 39.3 Å². The Labute approximate surface area is 119 Å². The molecule has 2 rings (SSSR count). The summed E-state index contributed by atoms with van der Waals surface area (Å²) in [6.45, 7) is 14.5. The van der Waals surface area contributed by atoms with E-state index in [1.54, 1.807) is 0 Å². The van der Waals surface area contributed by atoms with E-state index in [-0.39, 0.29) is 0 Å². The van der Waals surface area contributed by atoms with Gasteiger partial charge in [-0.05, 0) is 59.5 Å². The van der Waals surface area contributed by atoms with Crippen molar-refractivity contribution in [3.63, 3.8) is 0 Å². The van der Waals surface area contributed by atoms with E-state index in [2.05, 4.69) is 35.9 Å². The predicted molar refractivity (Wildman–Crippen MR) is 82.6 cm³/mol. The molecule has 1 N–H and O–H groups in total. The Morgan fingerprint density at radius 1 is 0.947 bits per heavy atom. The molecule has 0 aromatic heterocycles. The topological polar surface area (TPSA) is 18.5 Å². The number of hydrogen-bond acceptors (Lipinski definition) is 3. The summed E-state index contributed by atoms with van der Waals surface area (Å²) < 4.78 is 0. The summed E-state index contributed by atoms with van der Waals surface area (Å²) in [5, 5.41) is 3.60. The van der Waals surface area contributed by atoms with E-state index in [1.165, 1.54) is 71.4 Å². The first-order valence-corrected chi connectivity index (χ1v) is 8.26. The van der Waals surface area contributed by atoms with E-state index in [9.17, 15) is 0 Å². The lowest BCUT2D eigenvalue weighted by Crippen LogP contribution is -2.53. The van der Waals surface area contributed by atoms with Gasteiger partial charge >= 0.3 is 0 Å². The van der Waals surface area contributed by atoms with Gasteiger partial charge in [0, 0.05) is 37.8 Å². The molecule has 2 fully saturated rings. The van der Waals surface area contributed by atoms with Crippen LogP contribution in [0, 0.1) is 0 Å². The molecular weight excluding hydrogens is 234 g/mol. The second-order valence-electron chi connectivity index (χ2n) is 7.29. The number of unbranched alkanes of at least 4 members (excludes halogenated alkanes) is 2. The van der Waals surface area contributed by atoms with Crippen LogP contribution in [0.2, 0.25) is 0 Å². The van der Waals surface area contributed by atoms with E-state index < -0.39 is 0 Å². The molecule has 1 heterocycles. The highest BCUT2D eigenvalue weighted by Gasteiger charge is 2.25. The van der Waals surface area contributed by atoms with Crippen molar-refractivity contribution in [1.29, 1.82) is 0 Å². The molecule has 1 aliphatic carbocycles. The zero-order valence-electron chi connectivity index (χ0n) is 13.2. The summed E-state index contributed by atoms with van der Waals surface area (Å²) in [5.74, 6) is 0. The summed E-state index contributed by atoms with van der Waals surface area (Å²) in [7, 11) is 0. The highest BCUT2D eigenvalue weighted by molar-refractivity contribution is 4.82. The van der Waals surface area contributed by atoms with Crippen molar-refractivity contribution in [2.24, 2.45) is 0 Å². The molecule has 112 valence electrons. The maximum absolute atomic E-state index is 3.60. The van der Waals surface area contributed by atoms with E-state index in [4.69, 9.17) is 0 Å². The first-order chi connectivity index (χ1) is 9.05. The molecule has 0 aromatic carbocycles. The second-order valence-corrected chi connectivity index (χ2v) is 7.29. The number of nitrogens with one attached hydrogen (secondary N) is 1. The third kappa shape index (κ3) is 5.80. The standard InChI is InChI=1S/C16H33N3/c1-16(2,3)19-13-11-18(12-14-19)10-6-4-5-9-17-15-7-8-15/h15,17H,4-14H2,1-3H3. The fraction of sp³-hybridized carbons (Fsp3) is 1.00. The zero-order chi connectivity index (χ0) is 13.7. The molecule has 1 saturated heterocycles. The van der Waals surface area contributed by atoms with E-state index in [1.807, 2.05) is 0 Å². The normalized spacial score (nSPS) is 22.9. The molecule has 1 saturated carbocycles. The molecule has 0 atom stereocenters. The minimum absolute atomic E-state index is 0.348. The summed E-state index contributed by atoms with van der Waals surface area (Å²) in [6, 6.07) is 0.880. The van der Waals surface area contributed by atoms with Crippen LogP contribution in [-0.4, -0.2) is 60.6 Å². The number of hydrogen-bond donors (Lipinski definition) is 1. The molecule has 3 heteroatoms. The fourth-order valence-electron chi connectivity index (χ4n) is 2.87. The van der Waals surface area contributed by atoms with Gasteiger partial charge in [0.05, 0.1) is 0 Å². The highest BCUT2D eigenvalue weighted by Crippen LogP contribution is 2.18. The van der Waals surface area contributed by atoms with Crippen molar-refractivity contribution >= 4 is 0 Å². The average molecular weight is 267 g/mol. The van der Waals surface area contributed by atoms with E-state index in [0.717, 1.165) is 6.04 Å². The van der Waals surface area contributed by atoms with Gasteiger partial charge in [-0.3, -0.25) is 4.90 Å². The van der Waals surface area contributed by atoms with Gasteiger partial charge < -0.3 is 10.2 Å². The maximum Gasteiger partial charge on any atom is 0.0126 e. The quantitative estimate of drug-likeness (QED) is 0.714. The average Bonchev–Trinajstić information content (AvgIpc) is 3.17. The lowest BCUT2D eigenvalue weighted by molar-refractivity contribution is 0.0616. The molecular formula is C16H33N3. The Kier molecular flexibility index (Phi) is 5.67. The molecule has 3 nitrogen and oxygen atoms in total. The van der Waals surface area contributed by atoms with Crippen molar-refractivity contribution in [1.82, 2.24) is 15.1 Å². The van der Waals surface area contributed by atoms with Crippen LogP contribution in [0.25, 0.3) is 0 Å². The van der Waals surface area contributed by atoms with Crippen LogP contribution in [0.1, 0.15) is 52.9 Å². The predicted octanol–water partition coefficient (Wildman–Crippen LogP) is 2.32. The lowest BCUT2D eigenvalue weighted by atomic mass is 10.0. The van der Waals surface area contributed by atoms with Gasteiger partial charge in [0.15, 0.2) is 0 Å². The van der Waals surface area contributed by atoms with Gasteiger partial charge in [-0.1, -0.05) is 6.42 Å². The van der Waals surface area contributed by atoms with Gasteiger partial charge in [0.1, 0.15) is 0 Å². The van der Waals surface area contributed by atoms with Crippen molar-refractivity contribution in [3.8, 4) is 0 Å². The van der Waals surface area contributed by atoms with Crippen LogP contribution in [-0.2, 0) is 0 Å². The Hall–Kier alpha value is -0.120. The highest BCUT2D eigenvalue weighted by atomic mass is 15.3. The van der Waals surface area contributed by atoms with Crippen molar-refractivity contribution in [2.45, 2.75) is 64.5 Å². The Bertz CT molecular complexity index is 247. The van der Waals surface area contributed by atoms with Crippen LogP contribution in [0.4, 0.5) is 0 Å². The molecule has 2 aliphatic rings. The molecule has 19 heavy (non-hydrogen) atoms. The minimum atomic E-state index is 0.348. The molecule has 0 spiro atoms. The van der Waals surface area contributed by atoms with E-state index in [0.29, 0.717) is 5.54 Å². The third-order valence-corrected chi connectivity index (χ3v) is 4.48. The Morgan fingerprint density at radius 3 is 2.21 bits per heavy atom.